The molecule has 0 aliphatic heterocycles. The summed E-state index contributed by atoms with van der Waals surface area (Å²) in [7, 11) is 3.26. The van der Waals surface area contributed by atoms with E-state index >= 15 is 0 Å². The van der Waals surface area contributed by atoms with Crippen LogP contribution in [0.1, 0.15) is 10.6 Å². The van der Waals surface area contributed by atoms with E-state index in [0.717, 1.165) is 26.9 Å². The highest BCUT2D eigenvalue weighted by molar-refractivity contribution is 7.81. The molecule has 4 nitrogen and oxygen atoms in total. The first kappa shape index (κ1) is 13.9. The Morgan fingerprint density at radius 1 is 1.42 bits per heavy atom. The number of aromatic nitrogens is 1. The van der Waals surface area contributed by atoms with Crippen LogP contribution in [0, 0.1) is 0 Å². The lowest BCUT2D eigenvalue weighted by molar-refractivity contribution is 0.182. The standard InChI is InChI=1S/C13H14N2O2S2/c1-16-7-10-11(12(14)18)19-13(15-10)8-4-3-5-9(6-8)17-2/h3-6H,7H2,1-2H3,(H2,14,18). The minimum absolute atomic E-state index is 0.346. The quantitative estimate of drug-likeness (QED) is 0.859. The van der Waals surface area contributed by atoms with Crippen LogP contribution >= 0.6 is 23.6 Å². The molecule has 0 saturated heterocycles. The van der Waals surface area contributed by atoms with E-state index in [0.29, 0.717) is 11.6 Å². The van der Waals surface area contributed by atoms with Crippen LogP contribution in [0.2, 0.25) is 0 Å². The van der Waals surface area contributed by atoms with E-state index in [9.17, 15) is 0 Å². The molecule has 0 amide bonds. The lowest BCUT2D eigenvalue weighted by atomic mass is 10.2. The number of thiazole rings is 1. The van der Waals surface area contributed by atoms with Crippen molar-refractivity contribution in [3.63, 3.8) is 0 Å². The second-order valence-electron chi connectivity index (χ2n) is 3.82. The average Bonchev–Trinajstić information content (AvgIpc) is 2.83. The van der Waals surface area contributed by atoms with Gasteiger partial charge in [0.2, 0.25) is 0 Å². The molecule has 0 unspecified atom stereocenters. The number of methoxy groups -OCH3 is 2. The minimum Gasteiger partial charge on any atom is -0.497 e. The molecule has 0 saturated carbocycles. The Kier molecular flexibility index (Phi) is 4.47. The van der Waals surface area contributed by atoms with E-state index in [1.165, 1.54) is 11.3 Å². The normalized spacial score (nSPS) is 10.4. The first-order chi connectivity index (χ1) is 9.15. The molecule has 0 fully saturated rings. The van der Waals surface area contributed by atoms with Crippen LogP contribution in [0.4, 0.5) is 0 Å². The molecule has 0 radical (unpaired) electrons. The third-order valence-corrected chi connectivity index (χ3v) is 4.03. The largest absolute Gasteiger partial charge is 0.497 e. The molecular weight excluding hydrogens is 280 g/mol. The molecule has 1 heterocycles. The summed E-state index contributed by atoms with van der Waals surface area (Å²) in [5, 5.41) is 0.855. The first-order valence-corrected chi connectivity index (χ1v) is 6.81. The van der Waals surface area contributed by atoms with Gasteiger partial charge in [-0.25, -0.2) is 4.98 Å². The Labute approximate surface area is 121 Å². The van der Waals surface area contributed by atoms with Gasteiger partial charge in [-0.05, 0) is 12.1 Å². The fourth-order valence-corrected chi connectivity index (χ4v) is 2.82. The van der Waals surface area contributed by atoms with E-state index in [4.69, 9.17) is 27.4 Å². The zero-order chi connectivity index (χ0) is 13.8. The van der Waals surface area contributed by atoms with Crippen LogP contribution in [0.3, 0.4) is 0 Å². The van der Waals surface area contributed by atoms with Crippen LogP contribution in [0.15, 0.2) is 24.3 Å². The van der Waals surface area contributed by atoms with Gasteiger partial charge >= 0.3 is 0 Å². The molecule has 100 valence electrons. The first-order valence-electron chi connectivity index (χ1n) is 5.58. The fraction of sp³-hybridized carbons (Fsp3) is 0.231. The Hall–Kier alpha value is -1.50. The van der Waals surface area contributed by atoms with Gasteiger partial charge in [-0.1, -0.05) is 24.4 Å². The molecule has 2 rings (SSSR count). The zero-order valence-electron chi connectivity index (χ0n) is 10.7. The van der Waals surface area contributed by atoms with Crippen molar-refractivity contribution in [2.75, 3.05) is 14.2 Å². The maximum atomic E-state index is 5.71. The van der Waals surface area contributed by atoms with Crippen LogP contribution in [0.5, 0.6) is 5.75 Å². The molecule has 0 atom stereocenters. The van der Waals surface area contributed by atoms with E-state index in [1.54, 1.807) is 14.2 Å². The Morgan fingerprint density at radius 3 is 2.84 bits per heavy atom. The predicted octanol–water partition coefficient (Wildman–Crippen LogP) is 2.60. The fourth-order valence-electron chi connectivity index (χ4n) is 1.66. The van der Waals surface area contributed by atoms with Crippen molar-refractivity contribution in [3.05, 3.63) is 34.8 Å². The molecule has 19 heavy (non-hydrogen) atoms. The summed E-state index contributed by atoms with van der Waals surface area (Å²) in [6.45, 7) is 0.396. The van der Waals surface area contributed by atoms with E-state index < -0.39 is 0 Å². The summed E-state index contributed by atoms with van der Waals surface area (Å²) in [5.41, 5.74) is 7.47. The van der Waals surface area contributed by atoms with Crippen molar-refractivity contribution >= 4 is 28.5 Å². The Balaban J connectivity index is 2.44. The summed E-state index contributed by atoms with van der Waals surface area (Å²) in [5.74, 6) is 0.790. The summed E-state index contributed by atoms with van der Waals surface area (Å²) < 4.78 is 10.3. The second kappa shape index (κ2) is 6.10. The van der Waals surface area contributed by atoms with Gasteiger partial charge in [-0.3, -0.25) is 0 Å². The lowest BCUT2D eigenvalue weighted by Gasteiger charge is -2.01. The summed E-state index contributed by atoms with van der Waals surface area (Å²) in [6.07, 6.45) is 0. The Morgan fingerprint density at radius 2 is 2.21 bits per heavy atom. The highest BCUT2D eigenvalue weighted by Crippen LogP contribution is 2.30. The molecule has 0 bridgehead atoms. The van der Waals surface area contributed by atoms with Gasteiger partial charge in [0.25, 0.3) is 0 Å². The van der Waals surface area contributed by atoms with Gasteiger partial charge in [-0.2, -0.15) is 0 Å². The van der Waals surface area contributed by atoms with Crippen molar-refractivity contribution < 1.29 is 9.47 Å². The molecule has 1 aromatic heterocycles. The van der Waals surface area contributed by atoms with Crippen LogP contribution in [-0.2, 0) is 11.3 Å². The molecular formula is C13H14N2O2S2. The van der Waals surface area contributed by atoms with Crippen molar-refractivity contribution in [3.8, 4) is 16.3 Å². The van der Waals surface area contributed by atoms with Crippen molar-refractivity contribution in [1.82, 2.24) is 4.98 Å². The number of benzene rings is 1. The van der Waals surface area contributed by atoms with Crippen molar-refractivity contribution in [2.24, 2.45) is 5.73 Å². The molecule has 0 aliphatic carbocycles. The smallest absolute Gasteiger partial charge is 0.124 e. The molecule has 2 aromatic rings. The number of nitrogens with zero attached hydrogens (tertiary/aromatic N) is 1. The topological polar surface area (TPSA) is 57.4 Å². The summed E-state index contributed by atoms with van der Waals surface area (Å²) in [6, 6.07) is 7.72. The summed E-state index contributed by atoms with van der Waals surface area (Å²) in [4.78, 5) is 5.68. The molecule has 1 aromatic carbocycles. The van der Waals surface area contributed by atoms with E-state index in [-0.39, 0.29) is 0 Å². The minimum atomic E-state index is 0.346. The van der Waals surface area contributed by atoms with E-state index in [2.05, 4.69) is 4.98 Å². The van der Waals surface area contributed by atoms with Crippen LogP contribution in [0.25, 0.3) is 10.6 Å². The number of thiocarbonyl (C=S) groups is 1. The highest BCUT2D eigenvalue weighted by Gasteiger charge is 2.14. The van der Waals surface area contributed by atoms with E-state index in [1.807, 2.05) is 24.3 Å². The summed E-state index contributed by atoms with van der Waals surface area (Å²) >= 11 is 6.51. The van der Waals surface area contributed by atoms with Gasteiger partial charge in [0, 0.05) is 12.7 Å². The van der Waals surface area contributed by atoms with Gasteiger partial charge < -0.3 is 15.2 Å². The second-order valence-corrected chi connectivity index (χ2v) is 5.26. The van der Waals surface area contributed by atoms with Gasteiger partial charge in [0.05, 0.1) is 24.3 Å². The monoisotopic (exact) mass is 294 g/mol. The lowest BCUT2D eigenvalue weighted by Crippen LogP contribution is -2.10. The maximum absolute atomic E-state index is 5.71. The maximum Gasteiger partial charge on any atom is 0.124 e. The number of nitrogens with two attached hydrogens (primary N) is 1. The molecule has 6 heteroatoms. The van der Waals surface area contributed by atoms with Gasteiger partial charge in [0.15, 0.2) is 0 Å². The molecule has 0 aliphatic rings. The van der Waals surface area contributed by atoms with Crippen LogP contribution < -0.4 is 10.5 Å². The van der Waals surface area contributed by atoms with Crippen molar-refractivity contribution in [2.45, 2.75) is 6.61 Å². The predicted molar refractivity (Wildman–Crippen MR) is 80.7 cm³/mol. The molecule has 0 spiro atoms. The third kappa shape index (κ3) is 3.09. The number of hydrogen-bond acceptors (Lipinski definition) is 5. The zero-order valence-corrected chi connectivity index (χ0v) is 12.3. The number of hydrogen-bond donors (Lipinski definition) is 1. The Bertz CT molecular complexity index is 596. The molecule has 2 N–H and O–H groups in total. The SMILES string of the molecule is COCc1nc(-c2cccc(OC)c2)sc1C(N)=S. The third-order valence-electron chi connectivity index (χ3n) is 2.52. The van der Waals surface area contributed by atoms with Crippen LogP contribution in [-0.4, -0.2) is 24.2 Å². The number of rotatable bonds is 5. The number of ether oxygens (including phenoxy) is 2. The van der Waals surface area contributed by atoms with Crippen molar-refractivity contribution in [1.29, 1.82) is 0 Å². The average molecular weight is 294 g/mol. The van der Waals surface area contributed by atoms with Gasteiger partial charge in [0.1, 0.15) is 15.7 Å². The van der Waals surface area contributed by atoms with Gasteiger partial charge in [-0.15, -0.1) is 11.3 Å². The highest BCUT2D eigenvalue weighted by atomic mass is 32.1.